The summed E-state index contributed by atoms with van der Waals surface area (Å²) in [7, 11) is -19.5. The second-order valence-corrected chi connectivity index (χ2v) is 31.7. The van der Waals surface area contributed by atoms with Gasteiger partial charge in [-0.25, -0.2) is 18.0 Å². The Kier molecular flexibility index (Phi) is 38.4. The monoisotopic (exact) mass is 1640 g/mol. The maximum absolute atomic E-state index is 14.0. The summed E-state index contributed by atoms with van der Waals surface area (Å²) in [4.78, 5) is 118. The van der Waals surface area contributed by atoms with Crippen molar-refractivity contribution < 1.29 is 137 Å². The third-order valence-electron chi connectivity index (χ3n) is 17.6. The minimum atomic E-state index is -4.62. The van der Waals surface area contributed by atoms with Gasteiger partial charge in [-0.15, -0.1) is 25.3 Å². The second kappa shape index (κ2) is 44.8. The molecule has 0 spiro atoms. The third kappa shape index (κ3) is 32.8. The lowest BCUT2D eigenvalue weighted by molar-refractivity contribution is -0.438. The number of unbranched alkanes of at least 4 members (excludes halogenated alkanes) is 3. The number of hydrogen-bond acceptors (Lipinski definition) is 25. The Morgan fingerprint density at radius 2 is 1.31 bits per heavy atom. The average molecular weight is 1640 g/mol. The number of carboxylic acid groups (broad SMARTS) is 3. The van der Waals surface area contributed by atoms with E-state index in [9.17, 15) is 87.5 Å². The average Bonchev–Trinajstić information content (AvgIpc) is 1.59. The van der Waals surface area contributed by atoms with Gasteiger partial charge in [-0.2, -0.15) is 31.0 Å². The molecule has 3 atom stereocenters. The Morgan fingerprint density at radius 1 is 0.682 bits per heavy atom. The van der Waals surface area contributed by atoms with Crippen LogP contribution < -0.4 is 30.9 Å². The number of hydrogen-bond donors (Lipinski definition) is 9. The van der Waals surface area contributed by atoms with E-state index < -0.39 is 146 Å². The fraction of sp³-hybridized carbons (Fsp3) is 0.486. The van der Waals surface area contributed by atoms with Gasteiger partial charge >= 0.3 is 51.3 Å². The molecule has 9 N–H and O–H groups in total. The Bertz CT molecular complexity index is 4600. The van der Waals surface area contributed by atoms with Crippen LogP contribution in [0.3, 0.4) is 0 Å². The lowest BCUT2D eigenvalue weighted by Crippen LogP contribution is -2.46. The van der Waals surface area contributed by atoms with Crippen LogP contribution in [0.4, 0.5) is 16.2 Å². The topological polar surface area (TPSA) is 563 Å². The predicted octanol–water partition coefficient (Wildman–Crippen LogP) is 5.13. The number of rotatable bonds is 40. The van der Waals surface area contributed by atoms with Crippen molar-refractivity contribution in [3.05, 3.63) is 130 Å². The molecule has 4 amide bonds. The van der Waals surface area contributed by atoms with E-state index in [2.05, 4.69) is 39.7 Å². The highest BCUT2D eigenvalue weighted by Crippen LogP contribution is 2.49. The summed E-state index contributed by atoms with van der Waals surface area (Å²) in [6.07, 6.45) is 9.07. The molecule has 3 aromatic rings. The number of carboxylic acids is 3. The summed E-state index contributed by atoms with van der Waals surface area (Å²) in [5, 5.41) is 38.6. The van der Waals surface area contributed by atoms with Gasteiger partial charge < -0.3 is 50.8 Å². The highest BCUT2D eigenvalue weighted by molar-refractivity contribution is 7.86. The molecule has 2 aliphatic heterocycles. The van der Waals surface area contributed by atoms with Crippen molar-refractivity contribution in [3.8, 4) is 5.75 Å². The van der Waals surface area contributed by atoms with Crippen LogP contribution >= 0.6 is 0 Å². The molecular weight excluding hydrogens is 1550 g/mol. The van der Waals surface area contributed by atoms with Gasteiger partial charge in [0.25, 0.3) is 20.2 Å². The minimum absolute atomic E-state index is 0.0127. The van der Waals surface area contributed by atoms with Crippen molar-refractivity contribution in [2.45, 2.75) is 178 Å². The number of Topliss-reactive ketones (excluding diaryl/α,β-unsaturated/α-hetero) is 2. The number of allylic oxidation sites excluding steroid dienone is 7. The fourth-order valence-electron chi connectivity index (χ4n) is 12.4. The number of anilines is 1. The first kappa shape index (κ1) is 94.4. The SMILES string of the molecule is CCNC(=O)C[C@H](NC(=O)CCCCC(=O)CC[C@H](NC(=O)NCCCC(=O)O)C(=O)O)C(=O)C[C@@H](Cc1ccc(OC2=C(/C=C/C3=[N+](CCCCS(=O)(=O)[O-])c4ccccc4C3(C)C)CCC/C2=C\C=C2\N(CCCCS(=O)(=O)O)c3ccc(S(=O)(=O)O)cc3C2(C)C)cc1)C(=O)O.O=C=O.O=S(=O)=O.O=S(=O)=O. The predicted molar refractivity (Wildman–Crippen MR) is 390 cm³/mol. The standard InChI is InChI=1S/C69H90N6O21S3.CO2.2O3S/c1-6-70-62(79)44-55(72-61(78)22-10-7-19-49(76)28-32-54(66(84)85)73-67(86)71-36-16-23-63(80)81)58(77)42-48(65(82)83)41-45-24-29-50(30-25-45)96-64-46(26-34-59-68(2,3)52-20-8-9-21-56(52)74(59)37-11-13-39-97(87,88)89)17-15-18-47(64)27-35-60-69(4,5)53-43-51(99(93,94)95)31-33-57(53)75(60)38-12-14-40-98(90,91)92;2-1-3;2*1-4(2)3/h8-9,20-21,24-27,29-31,33-35,43,48,54-55H,6-7,10-19,22-23,28,32,36-42,44H2,1-5H3,(H9-,70,71,72,73,78,79,80,81,82,83,84,85,86,87,88,89,90,91,92,93,94,95);;;/t48-,54+,55+;;;/m1.../s1. The zero-order valence-corrected chi connectivity index (χ0v) is 64.9. The number of nitrogens with zero attached hydrogens (tertiary/aromatic N) is 2. The number of urea groups is 1. The van der Waals surface area contributed by atoms with Gasteiger partial charge in [0.15, 0.2) is 11.5 Å². The van der Waals surface area contributed by atoms with Gasteiger partial charge in [0, 0.05) is 98.4 Å². The third-order valence-corrected chi connectivity index (χ3v) is 20.0. The smallest absolute Gasteiger partial charge is 0.425 e. The summed E-state index contributed by atoms with van der Waals surface area (Å²) in [5.74, 6) is -7.55. The molecule has 40 heteroatoms. The molecule has 0 aromatic heterocycles. The largest absolute Gasteiger partial charge is 0.748 e. The Morgan fingerprint density at radius 3 is 1.90 bits per heavy atom. The molecule has 0 radical (unpaired) electrons. The number of nitrogens with one attached hydrogen (secondary N) is 4. The number of ether oxygens (including phenoxy) is 1. The summed E-state index contributed by atoms with van der Waals surface area (Å²) < 4.78 is 162. The summed E-state index contributed by atoms with van der Waals surface area (Å²) >= 11 is 0. The molecule has 110 heavy (non-hydrogen) atoms. The molecule has 0 saturated heterocycles. The van der Waals surface area contributed by atoms with Crippen LogP contribution in [0.1, 0.15) is 160 Å². The van der Waals surface area contributed by atoms with Crippen LogP contribution in [0.25, 0.3) is 0 Å². The molecule has 0 saturated carbocycles. The number of para-hydroxylation sites is 1. The molecule has 604 valence electrons. The van der Waals surface area contributed by atoms with Crippen molar-refractivity contribution in [2.75, 3.05) is 42.6 Å². The molecule has 0 bridgehead atoms. The summed E-state index contributed by atoms with van der Waals surface area (Å²) in [6.45, 7) is 10.5. The van der Waals surface area contributed by atoms with Crippen molar-refractivity contribution in [2.24, 2.45) is 5.92 Å². The molecular formula is C70H90N6O29S5. The van der Waals surface area contributed by atoms with E-state index in [4.69, 9.17) is 44.7 Å². The molecule has 0 fully saturated rings. The van der Waals surface area contributed by atoms with Gasteiger partial charge in [-0.3, -0.25) is 37.9 Å². The summed E-state index contributed by atoms with van der Waals surface area (Å²) in [6, 6.07) is 15.1. The van der Waals surface area contributed by atoms with Crippen molar-refractivity contribution in [3.63, 3.8) is 0 Å². The number of carbonyl (C=O) groups excluding carboxylic acids is 7. The number of ketones is 2. The van der Waals surface area contributed by atoms with Gasteiger partial charge in [0.1, 0.15) is 29.9 Å². The van der Waals surface area contributed by atoms with Gasteiger partial charge in [0.2, 0.25) is 17.5 Å². The quantitative estimate of drug-likeness (QED) is 0.0202. The van der Waals surface area contributed by atoms with E-state index in [1.54, 1.807) is 37.3 Å². The zero-order chi connectivity index (χ0) is 82.9. The molecule has 3 aromatic carbocycles. The van der Waals surface area contributed by atoms with Crippen LogP contribution in [-0.4, -0.2) is 193 Å². The van der Waals surface area contributed by atoms with E-state index in [-0.39, 0.29) is 107 Å². The van der Waals surface area contributed by atoms with Gasteiger partial charge in [-0.05, 0) is 156 Å². The Balaban J connectivity index is 0.00000267. The van der Waals surface area contributed by atoms with E-state index in [0.29, 0.717) is 72.7 Å². The fourth-order valence-corrected chi connectivity index (χ4v) is 14.0. The Hall–Kier alpha value is -9.80. The van der Waals surface area contributed by atoms with Crippen molar-refractivity contribution in [1.82, 2.24) is 21.3 Å². The normalized spacial score (nSPS) is 15.7. The highest BCUT2D eigenvalue weighted by Gasteiger charge is 2.45. The second-order valence-electron chi connectivity index (χ2n) is 26.4. The lowest BCUT2D eigenvalue weighted by atomic mass is 9.81. The van der Waals surface area contributed by atoms with Crippen LogP contribution in [0.2, 0.25) is 0 Å². The highest BCUT2D eigenvalue weighted by atomic mass is 32.2. The van der Waals surface area contributed by atoms with Crippen LogP contribution in [-0.2, 0) is 112 Å². The van der Waals surface area contributed by atoms with E-state index >= 15 is 0 Å². The number of fused-ring (bicyclic) bond motifs is 2. The molecule has 1 aliphatic carbocycles. The first-order chi connectivity index (χ1) is 51.4. The zero-order valence-electron chi connectivity index (χ0n) is 60.8. The molecule has 35 nitrogen and oxygen atoms in total. The van der Waals surface area contributed by atoms with Crippen LogP contribution in [0.5, 0.6) is 5.75 Å². The van der Waals surface area contributed by atoms with Crippen LogP contribution in [0.15, 0.2) is 119 Å². The maximum Gasteiger partial charge on any atom is 0.425 e. The number of benzene rings is 3. The van der Waals surface area contributed by atoms with E-state index in [0.717, 1.165) is 28.1 Å². The number of aliphatic carboxylic acids is 3. The molecule has 2 heterocycles. The molecule has 0 unspecified atom stereocenters. The van der Waals surface area contributed by atoms with Crippen molar-refractivity contribution in [1.29, 1.82) is 0 Å². The summed E-state index contributed by atoms with van der Waals surface area (Å²) in [5.41, 5.74) is 5.33. The molecule has 6 rings (SSSR count). The van der Waals surface area contributed by atoms with Gasteiger partial charge in [-0.1, -0.05) is 50.3 Å². The minimum Gasteiger partial charge on any atom is -0.748 e. The van der Waals surface area contributed by atoms with E-state index in [1.807, 2.05) is 67.3 Å². The Labute approximate surface area is 639 Å². The first-order valence-corrected chi connectivity index (χ1v) is 41.0. The first-order valence-electron chi connectivity index (χ1n) is 34.3. The van der Waals surface area contributed by atoms with Gasteiger partial charge in [0.05, 0.1) is 44.6 Å². The van der Waals surface area contributed by atoms with E-state index in [1.165, 1.54) is 12.1 Å². The molecule has 3 aliphatic rings. The lowest BCUT2D eigenvalue weighted by Gasteiger charge is -2.27. The number of carbonyl (C=O) groups is 8. The number of amides is 4. The maximum atomic E-state index is 14.0. The van der Waals surface area contributed by atoms with Crippen LogP contribution in [0, 0.1) is 5.92 Å². The van der Waals surface area contributed by atoms with Crippen molar-refractivity contribution >= 4 is 122 Å².